The summed E-state index contributed by atoms with van der Waals surface area (Å²) in [5.41, 5.74) is 3.17. The molecule has 0 fully saturated rings. The summed E-state index contributed by atoms with van der Waals surface area (Å²) >= 11 is 0. The van der Waals surface area contributed by atoms with Crippen molar-refractivity contribution in [3.63, 3.8) is 0 Å². The van der Waals surface area contributed by atoms with Crippen molar-refractivity contribution in [3.05, 3.63) is 106 Å². The molecule has 0 bridgehead atoms. The van der Waals surface area contributed by atoms with Crippen LogP contribution in [0.15, 0.2) is 78.9 Å². The van der Waals surface area contributed by atoms with E-state index in [4.69, 9.17) is 4.74 Å². The molecule has 0 aliphatic heterocycles. The summed E-state index contributed by atoms with van der Waals surface area (Å²) in [7, 11) is 0. The zero-order chi connectivity index (χ0) is 23.5. The average Bonchev–Trinajstić information content (AvgIpc) is 2.85. The van der Waals surface area contributed by atoms with Gasteiger partial charge in [0.05, 0.1) is 4.92 Å². The molecule has 0 aliphatic carbocycles. The average molecular weight is 447 g/mol. The number of nitrogens with zero attached hydrogens (tertiary/aromatic N) is 1. The molecule has 3 aromatic carbocycles. The summed E-state index contributed by atoms with van der Waals surface area (Å²) in [6, 6.07) is 25.8. The number of nitrogens with one attached hydrogen (secondary N) is 1. The maximum Gasteiger partial charge on any atom is 0.311 e. The molecular weight excluding hydrogens is 412 g/mol. The molecule has 5 nitrogen and oxygen atoms in total. The first-order chi connectivity index (χ1) is 16.1. The van der Waals surface area contributed by atoms with Crippen molar-refractivity contribution in [3.8, 4) is 5.75 Å². The number of benzene rings is 3. The lowest BCUT2D eigenvalue weighted by Crippen LogP contribution is -2.27. The Balaban J connectivity index is 1.85. The highest BCUT2D eigenvalue weighted by Crippen LogP contribution is 2.34. The van der Waals surface area contributed by atoms with Crippen molar-refractivity contribution < 1.29 is 9.66 Å². The van der Waals surface area contributed by atoms with E-state index in [0.29, 0.717) is 12.4 Å². The van der Waals surface area contributed by atoms with E-state index in [1.807, 2.05) is 42.5 Å². The first-order valence-electron chi connectivity index (χ1n) is 11.9. The highest BCUT2D eigenvalue weighted by molar-refractivity contribution is 5.49. The molecule has 33 heavy (non-hydrogen) atoms. The largest absolute Gasteiger partial charge is 0.482 e. The quantitative estimate of drug-likeness (QED) is 0.218. The van der Waals surface area contributed by atoms with Crippen LogP contribution in [0.5, 0.6) is 5.75 Å². The molecule has 0 radical (unpaired) electrons. The molecule has 1 N–H and O–H groups in total. The third kappa shape index (κ3) is 7.16. The van der Waals surface area contributed by atoms with Crippen LogP contribution in [-0.4, -0.2) is 4.92 Å². The molecule has 0 saturated carbocycles. The molecule has 0 aromatic heterocycles. The van der Waals surface area contributed by atoms with E-state index in [-0.39, 0.29) is 22.7 Å². The fraction of sp³-hybridized carbons (Fsp3) is 0.357. The van der Waals surface area contributed by atoms with Crippen molar-refractivity contribution in [2.75, 3.05) is 0 Å². The second kappa shape index (κ2) is 12.8. The molecule has 0 amide bonds. The zero-order valence-corrected chi connectivity index (χ0v) is 19.6. The van der Waals surface area contributed by atoms with E-state index in [1.54, 1.807) is 12.1 Å². The standard InChI is InChI=1S/C28H34N2O3/c1-3-5-17-26(29-25(12-4-2)23-15-10-7-11-16-23)24-18-19-28(27(20-24)30(31)32)33-21-22-13-8-6-9-14-22/h6-11,13-16,18-20,25-26,29H,3-5,12,17,21H2,1-2H3. The van der Waals surface area contributed by atoms with Gasteiger partial charge in [-0.3, -0.25) is 10.1 Å². The maximum absolute atomic E-state index is 11.9. The summed E-state index contributed by atoms with van der Waals surface area (Å²) < 4.78 is 5.83. The Morgan fingerprint density at radius 2 is 1.52 bits per heavy atom. The summed E-state index contributed by atoms with van der Waals surface area (Å²) in [4.78, 5) is 11.5. The number of hydrogen-bond donors (Lipinski definition) is 1. The van der Waals surface area contributed by atoms with Gasteiger partial charge in [0.2, 0.25) is 0 Å². The maximum atomic E-state index is 11.9. The number of nitro benzene ring substituents is 1. The predicted molar refractivity (Wildman–Crippen MR) is 133 cm³/mol. The van der Waals surface area contributed by atoms with Crippen LogP contribution in [0.4, 0.5) is 5.69 Å². The van der Waals surface area contributed by atoms with Gasteiger partial charge >= 0.3 is 5.69 Å². The molecule has 5 heteroatoms. The van der Waals surface area contributed by atoms with E-state index < -0.39 is 0 Å². The van der Waals surface area contributed by atoms with Gasteiger partial charge in [0.1, 0.15) is 6.61 Å². The van der Waals surface area contributed by atoms with Crippen LogP contribution in [-0.2, 0) is 6.61 Å². The number of nitro groups is 1. The molecular formula is C28H34N2O3. The topological polar surface area (TPSA) is 64.4 Å². The first-order valence-corrected chi connectivity index (χ1v) is 11.9. The lowest BCUT2D eigenvalue weighted by molar-refractivity contribution is -0.386. The third-order valence-corrected chi connectivity index (χ3v) is 5.85. The molecule has 0 saturated heterocycles. The Bertz CT molecular complexity index is 993. The van der Waals surface area contributed by atoms with Gasteiger partial charge in [0.15, 0.2) is 5.75 Å². The number of unbranched alkanes of at least 4 members (excludes halogenated alkanes) is 1. The van der Waals surface area contributed by atoms with Crippen molar-refractivity contribution in [1.82, 2.24) is 5.32 Å². The molecule has 0 heterocycles. The smallest absolute Gasteiger partial charge is 0.311 e. The lowest BCUT2D eigenvalue weighted by atomic mass is 9.96. The summed E-state index contributed by atoms with van der Waals surface area (Å²) in [5, 5.41) is 15.7. The molecule has 2 atom stereocenters. The van der Waals surface area contributed by atoms with Gasteiger partial charge in [-0.05, 0) is 35.6 Å². The van der Waals surface area contributed by atoms with E-state index in [2.05, 4.69) is 43.4 Å². The minimum absolute atomic E-state index is 0.0125. The van der Waals surface area contributed by atoms with Crippen LogP contribution in [0.25, 0.3) is 0 Å². The Hall–Kier alpha value is -3.18. The molecule has 0 aliphatic rings. The highest BCUT2D eigenvalue weighted by atomic mass is 16.6. The van der Waals surface area contributed by atoms with Gasteiger partial charge in [-0.1, -0.05) is 99.8 Å². The Morgan fingerprint density at radius 3 is 2.15 bits per heavy atom. The van der Waals surface area contributed by atoms with Crippen LogP contribution in [0.3, 0.4) is 0 Å². The van der Waals surface area contributed by atoms with E-state index in [0.717, 1.165) is 43.2 Å². The molecule has 174 valence electrons. The van der Waals surface area contributed by atoms with Crippen molar-refractivity contribution >= 4 is 5.69 Å². The molecule has 0 spiro atoms. The van der Waals surface area contributed by atoms with Crippen LogP contribution >= 0.6 is 0 Å². The van der Waals surface area contributed by atoms with E-state index >= 15 is 0 Å². The summed E-state index contributed by atoms with van der Waals surface area (Å²) in [6.45, 7) is 4.65. The minimum atomic E-state index is -0.346. The second-order valence-corrected chi connectivity index (χ2v) is 8.37. The van der Waals surface area contributed by atoms with Crippen LogP contribution in [0.1, 0.15) is 74.7 Å². The predicted octanol–water partition coefficient (Wildman–Crippen LogP) is 7.54. The third-order valence-electron chi connectivity index (χ3n) is 5.85. The van der Waals surface area contributed by atoms with Crippen LogP contribution < -0.4 is 10.1 Å². The Morgan fingerprint density at radius 1 is 0.848 bits per heavy atom. The SMILES string of the molecule is CCCCC(NC(CCC)c1ccccc1)c1ccc(OCc2ccccc2)c([N+](=O)[O-])c1. The van der Waals surface area contributed by atoms with E-state index in [9.17, 15) is 10.1 Å². The van der Waals surface area contributed by atoms with Crippen LogP contribution in [0, 0.1) is 10.1 Å². The minimum Gasteiger partial charge on any atom is -0.482 e. The summed E-state index contributed by atoms with van der Waals surface area (Å²) in [5.74, 6) is 0.301. The van der Waals surface area contributed by atoms with Crippen molar-refractivity contribution in [1.29, 1.82) is 0 Å². The second-order valence-electron chi connectivity index (χ2n) is 8.37. The molecule has 3 rings (SSSR count). The Kier molecular flexibility index (Phi) is 9.45. The molecule has 2 unspecified atom stereocenters. The normalized spacial score (nSPS) is 12.8. The van der Waals surface area contributed by atoms with Gasteiger partial charge < -0.3 is 10.1 Å². The number of hydrogen-bond acceptors (Lipinski definition) is 4. The van der Waals surface area contributed by atoms with Crippen molar-refractivity contribution in [2.45, 2.75) is 64.6 Å². The zero-order valence-electron chi connectivity index (χ0n) is 19.6. The number of ether oxygens (including phenoxy) is 1. The lowest BCUT2D eigenvalue weighted by Gasteiger charge is -2.27. The van der Waals surface area contributed by atoms with Crippen LogP contribution in [0.2, 0.25) is 0 Å². The highest BCUT2D eigenvalue weighted by Gasteiger charge is 2.22. The van der Waals surface area contributed by atoms with E-state index in [1.165, 1.54) is 5.56 Å². The monoisotopic (exact) mass is 446 g/mol. The fourth-order valence-electron chi connectivity index (χ4n) is 4.07. The fourth-order valence-corrected chi connectivity index (χ4v) is 4.07. The van der Waals surface area contributed by atoms with Gasteiger partial charge in [-0.2, -0.15) is 0 Å². The Labute approximate surface area is 197 Å². The first kappa shape index (κ1) is 24.5. The van der Waals surface area contributed by atoms with Gasteiger partial charge in [0.25, 0.3) is 0 Å². The van der Waals surface area contributed by atoms with Gasteiger partial charge in [-0.15, -0.1) is 0 Å². The number of rotatable bonds is 13. The van der Waals surface area contributed by atoms with Gasteiger partial charge in [-0.25, -0.2) is 0 Å². The van der Waals surface area contributed by atoms with Gasteiger partial charge in [0, 0.05) is 18.2 Å². The van der Waals surface area contributed by atoms with Crippen molar-refractivity contribution in [2.24, 2.45) is 0 Å². The summed E-state index contributed by atoms with van der Waals surface area (Å²) in [6.07, 6.45) is 5.10. The molecule has 3 aromatic rings.